The van der Waals surface area contributed by atoms with Crippen LogP contribution in [0.2, 0.25) is 0 Å². The monoisotopic (exact) mass is 528 g/mol. The van der Waals surface area contributed by atoms with Crippen molar-refractivity contribution in [1.82, 2.24) is 0 Å². The number of anilines is 1. The molecule has 0 saturated heterocycles. The molecule has 0 saturated carbocycles. The van der Waals surface area contributed by atoms with Crippen LogP contribution in [0.1, 0.15) is 81.0 Å². The Bertz CT molecular complexity index is 1250. The molecule has 39 heavy (non-hydrogen) atoms. The number of Topliss-reactive ketones (excluding diaryl/α,β-unsaturated/α-hetero) is 1. The third-order valence-corrected chi connectivity index (χ3v) is 6.53. The van der Waals surface area contributed by atoms with Crippen LogP contribution in [-0.4, -0.2) is 23.3 Å². The van der Waals surface area contributed by atoms with Gasteiger partial charge in [-0.3, -0.25) is 9.59 Å². The van der Waals surface area contributed by atoms with Crippen LogP contribution in [0.5, 0.6) is 5.75 Å². The molecule has 0 spiro atoms. The smallest absolute Gasteiger partial charge is 0.224 e. The van der Waals surface area contributed by atoms with Crippen molar-refractivity contribution < 1.29 is 14.7 Å². The normalized spacial score (nSPS) is 11.5. The van der Waals surface area contributed by atoms with Crippen LogP contribution < -0.4 is 11.1 Å². The van der Waals surface area contributed by atoms with Crippen molar-refractivity contribution >= 4 is 28.8 Å². The first-order chi connectivity index (χ1) is 18.7. The van der Waals surface area contributed by atoms with Crippen LogP contribution in [0.15, 0.2) is 70.9 Å². The highest BCUT2D eigenvalue weighted by Gasteiger charge is 2.15. The number of aryl methyl sites for hydroxylation is 1. The number of carbonyl (C=O) groups is 2. The van der Waals surface area contributed by atoms with E-state index in [2.05, 4.69) is 55.4 Å². The maximum Gasteiger partial charge on any atom is 0.224 e. The van der Waals surface area contributed by atoms with Gasteiger partial charge in [-0.25, -0.2) is 0 Å². The molecule has 0 fully saturated rings. The maximum absolute atomic E-state index is 12.5. The van der Waals surface area contributed by atoms with Gasteiger partial charge in [-0.05, 0) is 89.9 Å². The summed E-state index contributed by atoms with van der Waals surface area (Å²) in [6.07, 6.45) is 2.66. The SMILES string of the molecule is CC(C)c1cc(CCCC(=O)Nc2ccc(N=Nc3ccc(CC(=O)CCN)cc3)cc2)cc(C(C)C)c1O. The minimum absolute atomic E-state index is 0.0404. The van der Waals surface area contributed by atoms with Crippen LogP contribution >= 0.6 is 0 Å². The minimum atomic E-state index is -0.0404. The summed E-state index contributed by atoms with van der Waals surface area (Å²) in [5.41, 5.74) is 11.5. The van der Waals surface area contributed by atoms with Crippen molar-refractivity contribution in [2.45, 2.75) is 71.6 Å². The number of hydrogen-bond donors (Lipinski definition) is 3. The Balaban J connectivity index is 1.49. The number of hydrogen-bond acceptors (Lipinski definition) is 6. The lowest BCUT2D eigenvalue weighted by Crippen LogP contribution is -2.11. The molecular formula is C32H40N4O3. The highest BCUT2D eigenvalue weighted by atomic mass is 16.3. The average molecular weight is 529 g/mol. The summed E-state index contributed by atoms with van der Waals surface area (Å²) in [5.74, 6) is 0.946. The van der Waals surface area contributed by atoms with E-state index < -0.39 is 0 Å². The lowest BCUT2D eigenvalue weighted by atomic mass is 9.90. The van der Waals surface area contributed by atoms with E-state index in [0.29, 0.717) is 48.6 Å². The lowest BCUT2D eigenvalue weighted by molar-refractivity contribution is -0.118. The number of azo groups is 1. The second kappa shape index (κ2) is 14.4. The Kier molecular flexibility index (Phi) is 10.9. The lowest BCUT2D eigenvalue weighted by Gasteiger charge is -2.17. The summed E-state index contributed by atoms with van der Waals surface area (Å²) in [6.45, 7) is 8.69. The third kappa shape index (κ3) is 9.14. The summed E-state index contributed by atoms with van der Waals surface area (Å²) < 4.78 is 0. The summed E-state index contributed by atoms with van der Waals surface area (Å²) in [6, 6.07) is 18.7. The standard InChI is InChI=1S/C32H40N4O3/c1-21(2)29-19-24(20-30(22(3)4)32(29)39)6-5-7-31(38)34-25-12-14-27(15-13-25)36-35-26-10-8-23(9-11-26)18-28(37)16-17-33/h8-15,19-22,39H,5-7,16-18,33H2,1-4H3,(H,34,38). The number of phenolic OH excluding ortho intramolecular Hbond substituents is 1. The molecule has 206 valence electrons. The first-order valence-electron chi connectivity index (χ1n) is 13.6. The van der Waals surface area contributed by atoms with Crippen LogP contribution in [0.25, 0.3) is 0 Å². The minimum Gasteiger partial charge on any atom is -0.507 e. The van der Waals surface area contributed by atoms with Gasteiger partial charge in [0.2, 0.25) is 5.91 Å². The fourth-order valence-electron chi connectivity index (χ4n) is 4.33. The van der Waals surface area contributed by atoms with Gasteiger partial charge in [0.1, 0.15) is 11.5 Å². The van der Waals surface area contributed by atoms with Gasteiger partial charge in [-0.15, -0.1) is 0 Å². The van der Waals surface area contributed by atoms with E-state index in [-0.39, 0.29) is 23.5 Å². The number of aromatic hydroxyl groups is 1. The molecule has 3 rings (SSSR count). The first-order valence-corrected chi connectivity index (χ1v) is 13.6. The van der Waals surface area contributed by atoms with Crippen LogP contribution in [0, 0.1) is 0 Å². The van der Waals surface area contributed by atoms with Gasteiger partial charge < -0.3 is 16.2 Å². The van der Waals surface area contributed by atoms with Crippen molar-refractivity contribution in [2.75, 3.05) is 11.9 Å². The van der Waals surface area contributed by atoms with Gasteiger partial charge in [0.25, 0.3) is 0 Å². The summed E-state index contributed by atoms with van der Waals surface area (Å²) in [4.78, 5) is 24.2. The zero-order valence-corrected chi connectivity index (χ0v) is 23.4. The third-order valence-electron chi connectivity index (χ3n) is 6.53. The van der Waals surface area contributed by atoms with E-state index in [0.717, 1.165) is 35.1 Å². The molecule has 0 bridgehead atoms. The molecule has 0 aliphatic rings. The molecule has 0 aromatic heterocycles. The molecule has 0 atom stereocenters. The molecule has 7 heteroatoms. The molecule has 0 radical (unpaired) electrons. The van der Waals surface area contributed by atoms with Gasteiger partial charge in [0.05, 0.1) is 11.4 Å². The topological polar surface area (TPSA) is 117 Å². The van der Waals surface area contributed by atoms with E-state index >= 15 is 0 Å². The van der Waals surface area contributed by atoms with E-state index in [1.165, 1.54) is 0 Å². The number of nitrogens with zero attached hydrogens (tertiary/aromatic N) is 2. The predicted octanol–water partition coefficient (Wildman–Crippen LogP) is 7.48. The molecule has 1 amide bonds. The molecule has 4 N–H and O–H groups in total. The summed E-state index contributed by atoms with van der Waals surface area (Å²) >= 11 is 0. The number of ketones is 1. The number of carbonyl (C=O) groups excluding carboxylic acids is 2. The van der Waals surface area contributed by atoms with Crippen LogP contribution in [0.4, 0.5) is 17.1 Å². The van der Waals surface area contributed by atoms with Crippen molar-refractivity contribution in [3.63, 3.8) is 0 Å². The molecule has 0 heterocycles. The highest BCUT2D eigenvalue weighted by Crippen LogP contribution is 2.35. The summed E-state index contributed by atoms with van der Waals surface area (Å²) in [7, 11) is 0. The zero-order valence-electron chi connectivity index (χ0n) is 23.4. The number of nitrogens with one attached hydrogen (secondary N) is 1. The Labute approximate surface area is 231 Å². The van der Waals surface area contributed by atoms with Crippen molar-refractivity contribution in [3.8, 4) is 5.75 Å². The number of rotatable bonds is 13. The Morgan fingerprint density at radius 2 is 1.36 bits per heavy atom. The summed E-state index contributed by atoms with van der Waals surface area (Å²) in [5, 5.41) is 22.1. The van der Waals surface area contributed by atoms with Gasteiger partial charge in [-0.2, -0.15) is 10.2 Å². The molecule has 3 aromatic carbocycles. The van der Waals surface area contributed by atoms with Crippen LogP contribution in [-0.2, 0) is 22.4 Å². The van der Waals surface area contributed by atoms with Crippen molar-refractivity contribution in [2.24, 2.45) is 16.0 Å². The fourth-order valence-corrected chi connectivity index (χ4v) is 4.33. The zero-order chi connectivity index (χ0) is 28.4. The van der Waals surface area contributed by atoms with E-state index in [9.17, 15) is 14.7 Å². The predicted molar refractivity (Wildman–Crippen MR) is 157 cm³/mol. The Morgan fingerprint density at radius 1 is 0.821 bits per heavy atom. The Hall–Kier alpha value is -3.84. The van der Waals surface area contributed by atoms with E-state index in [4.69, 9.17) is 5.73 Å². The molecule has 3 aromatic rings. The van der Waals surface area contributed by atoms with E-state index in [1.807, 2.05) is 36.4 Å². The number of amides is 1. The Morgan fingerprint density at radius 3 is 1.87 bits per heavy atom. The average Bonchev–Trinajstić information content (AvgIpc) is 2.89. The highest BCUT2D eigenvalue weighted by molar-refractivity contribution is 5.90. The van der Waals surface area contributed by atoms with Gasteiger partial charge >= 0.3 is 0 Å². The van der Waals surface area contributed by atoms with Gasteiger partial charge in [0, 0.05) is 24.9 Å². The van der Waals surface area contributed by atoms with E-state index in [1.54, 1.807) is 12.1 Å². The van der Waals surface area contributed by atoms with Gasteiger partial charge in [-0.1, -0.05) is 52.0 Å². The fraction of sp³-hybridized carbons (Fsp3) is 0.375. The van der Waals surface area contributed by atoms with Crippen LogP contribution in [0.3, 0.4) is 0 Å². The number of nitrogens with two attached hydrogens (primary N) is 1. The molecule has 0 aliphatic heterocycles. The molecule has 7 nitrogen and oxygen atoms in total. The van der Waals surface area contributed by atoms with Gasteiger partial charge in [0.15, 0.2) is 0 Å². The number of benzene rings is 3. The first kappa shape index (κ1) is 29.7. The molecular weight excluding hydrogens is 488 g/mol. The maximum atomic E-state index is 12.5. The van der Waals surface area contributed by atoms with Crippen molar-refractivity contribution in [3.05, 3.63) is 82.9 Å². The van der Waals surface area contributed by atoms with Crippen molar-refractivity contribution in [1.29, 1.82) is 0 Å². The molecule has 0 unspecified atom stereocenters. The largest absolute Gasteiger partial charge is 0.507 e. The quantitative estimate of drug-likeness (QED) is 0.199. The molecule has 0 aliphatic carbocycles. The number of phenols is 1. The second-order valence-electron chi connectivity index (χ2n) is 10.5. The second-order valence-corrected chi connectivity index (χ2v) is 10.5.